The molecule has 0 aliphatic rings. The standard InChI is InChI=1S/C13H16F8NO5P/c1-4-5-22(9(23)8(2)3)6-10(14,15)12(18,19)13(20,21)11(16,17)7-27-28(24,25)26/h4H,1-2,5-7H2,3H3,(H2,24,25,26). The first-order chi connectivity index (χ1) is 12.2. The molecule has 2 N–H and O–H groups in total. The number of hydrogen-bond donors (Lipinski definition) is 2. The Morgan fingerprint density at radius 3 is 1.86 bits per heavy atom. The Morgan fingerprint density at radius 1 is 1.07 bits per heavy atom. The molecule has 15 heteroatoms. The molecule has 0 aromatic heterocycles. The summed E-state index contributed by atoms with van der Waals surface area (Å²) in [5, 5.41) is 0. The molecule has 0 aliphatic carbocycles. The summed E-state index contributed by atoms with van der Waals surface area (Å²) < 4.78 is 123. The Morgan fingerprint density at radius 2 is 1.50 bits per heavy atom. The minimum Gasteiger partial charge on any atom is -0.329 e. The molecule has 6 nitrogen and oxygen atoms in total. The molecule has 0 rings (SSSR count). The van der Waals surface area contributed by atoms with E-state index in [1.165, 1.54) is 0 Å². The highest BCUT2D eigenvalue weighted by Crippen LogP contribution is 2.54. The summed E-state index contributed by atoms with van der Waals surface area (Å²) in [6, 6.07) is 0. The van der Waals surface area contributed by atoms with Gasteiger partial charge in [-0.05, 0) is 6.92 Å². The molecular weight excluding hydrogens is 433 g/mol. The predicted molar refractivity (Wildman–Crippen MR) is 79.4 cm³/mol. The fourth-order valence-corrected chi connectivity index (χ4v) is 2.03. The Labute approximate surface area is 153 Å². The van der Waals surface area contributed by atoms with Crippen molar-refractivity contribution in [3.8, 4) is 0 Å². The van der Waals surface area contributed by atoms with Gasteiger partial charge in [-0.15, -0.1) is 6.58 Å². The number of halogens is 8. The van der Waals surface area contributed by atoms with Crippen LogP contribution in [0.2, 0.25) is 0 Å². The number of hydrogen-bond acceptors (Lipinski definition) is 3. The van der Waals surface area contributed by atoms with Crippen LogP contribution >= 0.6 is 7.82 Å². The topological polar surface area (TPSA) is 87.1 Å². The number of carbonyl (C=O) groups is 1. The van der Waals surface area contributed by atoms with Gasteiger partial charge in [-0.1, -0.05) is 12.7 Å². The third kappa shape index (κ3) is 5.75. The molecule has 0 spiro atoms. The van der Waals surface area contributed by atoms with Gasteiger partial charge in [-0.3, -0.25) is 9.32 Å². The summed E-state index contributed by atoms with van der Waals surface area (Å²) in [6.07, 6.45) is 0.787. The first kappa shape index (κ1) is 26.5. The summed E-state index contributed by atoms with van der Waals surface area (Å²) in [6.45, 7) is 0.927. The van der Waals surface area contributed by atoms with Gasteiger partial charge in [0.1, 0.15) is 6.61 Å². The van der Waals surface area contributed by atoms with Crippen LogP contribution in [0.3, 0.4) is 0 Å². The van der Waals surface area contributed by atoms with E-state index in [0.717, 1.165) is 13.0 Å². The van der Waals surface area contributed by atoms with Crippen LogP contribution in [0.15, 0.2) is 24.8 Å². The molecule has 0 fully saturated rings. The number of alkyl halides is 8. The van der Waals surface area contributed by atoms with Gasteiger partial charge >= 0.3 is 31.5 Å². The van der Waals surface area contributed by atoms with Crippen molar-refractivity contribution in [2.24, 2.45) is 0 Å². The highest BCUT2D eigenvalue weighted by Gasteiger charge is 2.80. The van der Waals surface area contributed by atoms with Gasteiger partial charge in [0.15, 0.2) is 0 Å². The zero-order chi connectivity index (χ0) is 22.8. The molecule has 0 radical (unpaired) electrons. The fourth-order valence-electron chi connectivity index (χ4n) is 1.70. The van der Waals surface area contributed by atoms with E-state index >= 15 is 0 Å². The SMILES string of the molecule is C=CCN(CC(F)(F)C(F)(F)C(F)(F)C(F)(F)COP(=O)(O)O)C(=O)C(=C)C. The van der Waals surface area contributed by atoms with Crippen LogP contribution in [0, 0.1) is 0 Å². The van der Waals surface area contributed by atoms with Gasteiger partial charge < -0.3 is 14.7 Å². The molecule has 0 saturated carbocycles. The highest BCUT2D eigenvalue weighted by molar-refractivity contribution is 7.46. The van der Waals surface area contributed by atoms with Crippen molar-refractivity contribution in [2.75, 3.05) is 19.7 Å². The highest BCUT2D eigenvalue weighted by atomic mass is 31.2. The average molecular weight is 449 g/mol. The summed E-state index contributed by atoms with van der Waals surface area (Å²) in [5.74, 6) is -26.9. The zero-order valence-electron chi connectivity index (χ0n) is 14.2. The van der Waals surface area contributed by atoms with Gasteiger partial charge in [0, 0.05) is 12.1 Å². The lowest BCUT2D eigenvalue weighted by Crippen LogP contribution is -2.65. The molecule has 0 bridgehead atoms. The number of amides is 1. The molecular formula is C13H16F8NO5P. The van der Waals surface area contributed by atoms with Gasteiger partial charge in [-0.2, -0.15) is 35.1 Å². The molecule has 0 heterocycles. The molecule has 0 aromatic carbocycles. The molecule has 0 atom stereocenters. The van der Waals surface area contributed by atoms with Crippen molar-refractivity contribution in [2.45, 2.75) is 30.6 Å². The van der Waals surface area contributed by atoms with Gasteiger partial charge in [-0.25, -0.2) is 4.57 Å². The maximum absolute atomic E-state index is 13.9. The Kier molecular flexibility index (Phi) is 8.02. The maximum atomic E-state index is 13.9. The van der Waals surface area contributed by atoms with Crippen molar-refractivity contribution < 1.29 is 58.8 Å². The third-order valence-electron chi connectivity index (χ3n) is 3.12. The summed E-state index contributed by atoms with van der Waals surface area (Å²) in [4.78, 5) is 28.0. The molecule has 0 unspecified atom stereocenters. The lowest BCUT2D eigenvalue weighted by molar-refractivity contribution is -0.369. The van der Waals surface area contributed by atoms with E-state index in [-0.39, 0.29) is 4.90 Å². The van der Waals surface area contributed by atoms with E-state index < -0.39 is 62.7 Å². The minimum absolute atomic E-state index is 0.0659. The number of carbonyl (C=O) groups excluding carboxylic acids is 1. The van der Waals surface area contributed by atoms with Gasteiger partial charge in [0.2, 0.25) is 5.91 Å². The molecule has 164 valence electrons. The zero-order valence-corrected chi connectivity index (χ0v) is 15.0. The Bertz CT molecular complexity index is 663. The number of nitrogens with zero attached hydrogens (tertiary/aromatic N) is 1. The van der Waals surface area contributed by atoms with E-state index in [4.69, 9.17) is 9.79 Å². The molecule has 0 aliphatic heterocycles. The smallest absolute Gasteiger partial charge is 0.329 e. The van der Waals surface area contributed by atoms with E-state index in [1.807, 2.05) is 0 Å². The lowest BCUT2D eigenvalue weighted by atomic mass is 9.98. The Balaban J connectivity index is 5.87. The van der Waals surface area contributed by atoms with Crippen molar-refractivity contribution in [3.63, 3.8) is 0 Å². The number of phosphoric ester groups is 1. The monoisotopic (exact) mass is 449 g/mol. The van der Waals surface area contributed by atoms with Crippen molar-refractivity contribution in [1.82, 2.24) is 4.90 Å². The van der Waals surface area contributed by atoms with E-state index in [9.17, 15) is 44.5 Å². The first-order valence-corrected chi connectivity index (χ1v) is 8.53. The second kappa shape index (κ2) is 8.47. The second-order valence-corrected chi connectivity index (χ2v) is 6.82. The van der Waals surface area contributed by atoms with Crippen LogP contribution in [-0.2, 0) is 13.9 Å². The Hall–Kier alpha value is -1.50. The molecule has 28 heavy (non-hydrogen) atoms. The van der Waals surface area contributed by atoms with Crippen LogP contribution in [0.4, 0.5) is 35.1 Å². The predicted octanol–water partition coefficient (Wildman–Crippen LogP) is 3.23. The van der Waals surface area contributed by atoms with E-state index in [1.54, 1.807) is 0 Å². The van der Waals surface area contributed by atoms with E-state index in [2.05, 4.69) is 17.7 Å². The van der Waals surface area contributed by atoms with Gasteiger partial charge in [0.05, 0.1) is 6.54 Å². The van der Waals surface area contributed by atoms with Gasteiger partial charge in [0.25, 0.3) is 0 Å². The second-order valence-electron chi connectivity index (χ2n) is 5.58. The summed E-state index contributed by atoms with van der Waals surface area (Å²) >= 11 is 0. The van der Waals surface area contributed by atoms with Crippen molar-refractivity contribution >= 4 is 13.7 Å². The van der Waals surface area contributed by atoms with E-state index in [0.29, 0.717) is 0 Å². The first-order valence-electron chi connectivity index (χ1n) is 7.00. The quantitative estimate of drug-likeness (QED) is 0.219. The third-order valence-corrected chi connectivity index (χ3v) is 3.58. The summed E-state index contributed by atoms with van der Waals surface area (Å²) in [5.41, 5.74) is -0.437. The van der Waals surface area contributed by atoms with Crippen molar-refractivity contribution in [3.05, 3.63) is 24.8 Å². The largest absolute Gasteiger partial charge is 0.469 e. The average Bonchev–Trinajstić information content (AvgIpc) is 2.50. The van der Waals surface area contributed by atoms with Crippen LogP contribution in [0.25, 0.3) is 0 Å². The minimum atomic E-state index is -6.81. The van der Waals surface area contributed by atoms with Crippen LogP contribution in [0.1, 0.15) is 6.92 Å². The number of rotatable bonds is 11. The maximum Gasteiger partial charge on any atom is 0.469 e. The summed E-state index contributed by atoms with van der Waals surface area (Å²) in [7, 11) is -5.80. The molecule has 1 amide bonds. The number of phosphoric acid groups is 1. The van der Waals surface area contributed by atoms with Crippen LogP contribution < -0.4 is 0 Å². The lowest BCUT2D eigenvalue weighted by Gasteiger charge is -2.38. The van der Waals surface area contributed by atoms with Crippen LogP contribution in [-0.4, -0.2) is 64.0 Å². The molecule has 0 saturated heterocycles. The van der Waals surface area contributed by atoms with Crippen LogP contribution in [0.5, 0.6) is 0 Å². The molecule has 0 aromatic rings. The van der Waals surface area contributed by atoms with Crippen molar-refractivity contribution in [1.29, 1.82) is 0 Å². The fraction of sp³-hybridized carbons (Fsp3) is 0.615. The normalized spacial score (nSPS) is 14.0.